The highest BCUT2D eigenvalue weighted by atomic mass is 32.2. The second-order valence-electron chi connectivity index (χ2n) is 4.33. The van der Waals surface area contributed by atoms with E-state index in [1.807, 2.05) is 0 Å². The highest BCUT2D eigenvalue weighted by Crippen LogP contribution is 2.26. The number of ether oxygens (including phenoxy) is 2. The zero-order valence-corrected chi connectivity index (χ0v) is 13.7. The number of rotatable bonds is 9. The molecule has 0 spiro atoms. The van der Waals surface area contributed by atoms with Crippen LogP contribution in [0.25, 0.3) is 0 Å². The molecule has 0 amide bonds. The molecule has 7 nitrogen and oxygen atoms in total. The van der Waals surface area contributed by atoms with Gasteiger partial charge >= 0.3 is 5.97 Å². The van der Waals surface area contributed by atoms with Crippen LogP contribution in [0.5, 0.6) is 0 Å². The van der Waals surface area contributed by atoms with Crippen molar-refractivity contribution in [3.8, 4) is 0 Å². The minimum Gasteiger partial charge on any atom is -0.477 e. The summed E-state index contributed by atoms with van der Waals surface area (Å²) in [6.45, 7) is 2.23. The third kappa shape index (κ3) is 4.24. The summed E-state index contributed by atoms with van der Waals surface area (Å²) in [5, 5.41) is 10.5. The largest absolute Gasteiger partial charge is 0.477 e. The Morgan fingerprint density at radius 1 is 1.43 bits per heavy atom. The van der Waals surface area contributed by atoms with Gasteiger partial charge in [0.25, 0.3) is 0 Å². The minimum absolute atomic E-state index is 0.123. The van der Waals surface area contributed by atoms with Gasteiger partial charge in [0.05, 0.1) is 13.2 Å². The highest BCUT2D eigenvalue weighted by Gasteiger charge is 2.33. The summed E-state index contributed by atoms with van der Waals surface area (Å²) in [5.74, 6) is -1.25. The van der Waals surface area contributed by atoms with E-state index in [1.54, 1.807) is 6.92 Å². The fourth-order valence-corrected chi connectivity index (χ4v) is 4.70. The predicted octanol–water partition coefficient (Wildman–Crippen LogP) is 1.12. The normalized spacial score (nSPS) is 13.5. The first-order chi connectivity index (χ1) is 9.86. The maximum Gasteiger partial charge on any atom is 0.347 e. The van der Waals surface area contributed by atoms with Gasteiger partial charge in [-0.3, -0.25) is 0 Å². The number of nitrogens with zero attached hydrogens (tertiary/aromatic N) is 1. The number of sulfonamides is 1. The van der Waals surface area contributed by atoms with Crippen molar-refractivity contribution in [3.63, 3.8) is 0 Å². The molecule has 0 aliphatic rings. The van der Waals surface area contributed by atoms with Crippen molar-refractivity contribution in [1.82, 2.24) is 4.31 Å². The standard InChI is InChI=1S/C12H19NO6S2/c1-9(8-19-3)13(5-6-18-2)21(16,17)10-4-7-20-11(10)12(14)15/h4,7,9H,5-6,8H2,1-3H3,(H,14,15). The molecule has 0 bridgehead atoms. The van der Waals surface area contributed by atoms with E-state index in [9.17, 15) is 13.2 Å². The van der Waals surface area contributed by atoms with Crippen LogP contribution in [0.15, 0.2) is 16.3 Å². The molecule has 0 saturated heterocycles. The lowest BCUT2D eigenvalue weighted by Gasteiger charge is -2.27. The lowest BCUT2D eigenvalue weighted by Crippen LogP contribution is -2.43. The van der Waals surface area contributed by atoms with E-state index in [0.29, 0.717) is 0 Å². The van der Waals surface area contributed by atoms with Crippen LogP contribution < -0.4 is 0 Å². The monoisotopic (exact) mass is 337 g/mol. The van der Waals surface area contributed by atoms with Crippen molar-refractivity contribution in [1.29, 1.82) is 0 Å². The number of hydrogen-bond donors (Lipinski definition) is 1. The molecule has 1 heterocycles. The Labute approximate surface area is 128 Å². The van der Waals surface area contributed by atoms with E-state index in [-0.39, 0.29) is 29.5 Å². The van der Waals surface area contributed by atoms with Crippen LogP contribution >= 0.6 is 11.3 Å². The van der Waals surface area contributed by atoms with E-state index >= 15 is 0 Å². The number of aromatic carboxylic acids is 1. The Morgan fingerprint density at radius 3 is 2.62 bits per heavy atom. The Balaban J connectivity index is 3.19. The van der Waals surface area contributed by atoms with Gasteiger partial charge < -0.3 is 14.6 Å². The molecule has 0 aromatic carbocycles. The first kappa shape index (κ1) is 18.1. The third-order valence-corrected chi connectivity index (χ3v) is 5.91. The molecule has 1 N–H and O–H groups in total. The van der Waals surface area contributed by atoms with Crippen molar-refractivity contribution < 1.29 is 27.8 Å². The molecule has 0 aliphatic carbocycles. The fourth-order valence-electron chi connectivity index (χ4n) is 1.87. The first-order valence-corrected chi connectivity index (χ1v) is 8.48. The minimum atomic E-state index is -3.92. The topological polar surface area (TPSA) is 93.1 Å². The van der Waals surface area contributed by atoms with Gasteiger partial charge in [0.2, 0.25) is 10.0 Å². The van der Waals surface area contributed by atoms with Gasteiger partial charge in [-0.05, 0) is 18.4 Å². The van der Waals surface area contributed by atoms with Crippen LogP contribution in [0.4, 0.5) is 0 Å². The van der Waals surface area contributed by atoms with Gasteiger partial charge in [-0.1, -0.05) is 0 Å². The van der Waals surface area contributed by atoms with Crippen LogP contribution in [-0.4, -0.2) is 63.8 Å². The zero-order chi connectivity index (χ0) is 16.0. The number of thiophene rings is 1. The Kier molecular flexibility index (Phi) is 6.75. The maximum atomic E-state index is 12.7. The molecule has 120 valence electrons. The molecule has 1 rings (SSSR count). The van der Waals surface area contributed by atoms with Crippen LogP contribution in [-0.2, 0) is 19.5 Å². The van der Waals surface area contributed by atoms with Crippen molar-refractivity contribution >= 4 is 27.3 Å². The lowest BCUT2D eigenvalue weighted by atomic mass is 10.3. The summed E-state index contributed by atoms with van der Waals surface area (Å²) in [6.07, 6.45) is 0. The van der Waals surface area contributed by atoms with E-state index in [2.05, 4.69) is 0 Å². The Bertz CT molecular complexity index is 568. The molecule has 1 aromatic rings. The summed E-state index contributed by atoms with van der Waals surface area (Å²) in [6, 6.07) is 0.875. The van der Waals surface area contributed by atoms with Gasteiger partial charge in [-0.15, -0.1) is 11.3 Å². The fraction of sp³-hybridized carbons (Fsp3) is 0.583. The molecule has 0 saturated carbocycles. The van der Waals surface area contributed by atoms with E-state index < -0.39 is 22.0 Å². The van der Waals surface area contributed by atoms with Crippen LogP contribution in [0.3, 0.4) is 0 Å². The molecule has 1 aromatic heterocycles. The molecule has 0 aliphatic heterocycles. The molecule has 21 heavy (non-hydrogen) atoms. The quantitative estimate of drug-likeness (QED) is 0.726. The summed E-state index contributed by atoms with van der Waals surface area (Å²) in [7, 11) is -0.976. The van der Waals surface area contributed by atoms with Crippen molar-refractivity contribution in [2.75, 3.05) is 34.0 Å². The van der Waals surface area contributed by atoms with E-state index in [4.69, 9.17) is 14.6 Å². The van der Waals surface area contributed by atoms with Gasteiger partial charge in [0.1, 0.15) is 9.77 Å². The number of carboxylic acid groups (broad SMARTS) is 1. The van der Waals surface area contributed by atoms with Crippen LogP contribution in [0.1, 0.15) is 16.6 Å². The summed E-state index contributed by atoms with van der Waals surface area (Å²) < 4.78 is 36.5. The van der Waals surface area contributed by atoms with Crippen molar-refractivity contribution in [2.24, 2.45) is 0 Å². The average Bonchev–Trinajstić information content (AvgIpc) is 2.89. The first-order valence-electron chi connectivity index (χ1n) is 6.16. The Hall–Kier alpha value is -1.00. The van der Waals surface area contributed by atoms with Crippen molar-refractivity contribution in [2.45, 2.75) is 17.9 Å². The molecular weight excluding hydrogens is 318 g/mol. The molecule has 1 atom stereocenters. The van der Waals surface area contributed by atoms with E-state index in [0.717, 1.165) is 11.3 Å². The highest BCUT2D eigenvalue weighted by molar-refractivity contribution is 7.89. The van der Waals surface area contributed by atoms with E-state index in [1.165, 1.54) is 30.0 Å². The van der Waals surface area contributed by atoms with Crippen LogP contribution in [0, 0.1) is 0 Å². The summed E-state index contributed by atoms with van der Waals surface area (Å²) in [5.41, 5.74) is 0. The van der Waals surface area contributed by atoms with Gasteiger partial charge in [-0.2, -0.15) is 4.31 Å². The molecular formula is C12H19NO6S2. The number of carboxylic acids is 1. The van der Waals surface area contributed by atoms with Crippen molar-refractivity contribution in [3.05, 3.63) is 16.3 Å². The smallest absolute Gasteiger partial charge is 0.347 e. The van der Waals surface area contributed by atoms with Crippen LogP contribution in [0.2, 0.25) is 0 Å². The summed E-state index contributed by atoms with van der Waals surface area (Å²) in [4.78, 5) is 10.8. The lowest BCUT2D eigenvalue weighted by molar-refractivity contribution is 0.0698. The predicted molar refractivity (Wildman–Crippen MR) is 78.4 cm³/mol. The Morgan fingerprint density at radius 2 is 2.10 bits per heavy atom. The average molecular weight is 337 g/mol. The van der Waals surface area contributed by atoms with Gasteiger partial charge in [-0.25, -0.2) is 13.2 Å². The van der Waals surface area contributed by atoms with Gasteiger partial charge in [0, 0.05) is 26.8 Å². The number of hydrogen-bond acceptors (Lipinski definition) is 6. The van der Waals surface area contributed by atoms with Gasteiger partial charge in [0.15, 0.2) is 0 Å². The number of methoxy groups -OCH3 is 2. The molecule has 9 heteroatoms. The second kappa shape index (κ2) is 7.85. The third-order valence-electron chi connectivity index (χ3n) is 2.83. The number of carbonyl (C=O) groups is 1. The maximum absolute atomic E-state index is 12.7. The zero-order valence-electron chi connectivity index (χ0n) is 12.1. The summed E-state index contributed by atoms with van der Waals surface area (Å²) >= 11 is 0.883. The SMILES string of the molecule is COCCN(C(C)COC)S(=O)(=O)c1ccsc1C(=O)O. The molecule has 1 unspecified atom stereocenters. The molecule has 0 radical (unpaired) electrons. The second-order valence-corrected chi connectivity index (χ2v) is 7.11. The molecule has 0 fully saturated rings.